The summed E-state index contributed by atoms with van der Waals surface area (Å²) in [5.74, 6) is 1.69. The van der Waals surface area contributed by atoms with Gasteiger partial charge in [-0.3, -0.25) is 0 Å². The van der Waals surface area contributed by atoms with Crippen molar-refractivity contribution in [2.45, 2.75) is 37.6 Å². The fourth-order valence-electron chi connectivity index (χ4n) is 3.22. The number of aromatic nitrogens is 2. The van der Waals surface area contributed by atoms with E-state index in [9.17, 15) is 0 Å². The van der Waals surface area contributed by atoms with Crippen LogP contribution in [0, 0.1) is 0 Å². The Kier molecular flexibility index (Phi) is 3.65. The van der Waals surface area contributed by atoms with Crippen molar-refractivity contribution in [3.05, 3.63) is 53.6 Å². The molecule has 3 rings (SSSR count). The van der Waals surface area contributed by atoms with Gasteiger partial charge in [-0.1, -0.05) is 24.3 Å². The van der Waals surface area contributed by atoms with Gasteiger partial charge in [-0.25, -0.2) is 4.98 Å². The molecule has 100 valence electrons. The van der Waals surface area contributed by atoms with Crippen molar-refractivity contribution < 1.29 is 0 Å². The minimum Gasteiger partial charge on any atom is -0.347 e. The average Bonchev–Trinajstić information content (AvgIpc) is 2.99. The van der Waals surface area contributed by atoms with Crippen LogP contribution >= 0.6 is 0 Å². The Bertz CT molecular complexity index is 519. The third kappa shape index (κ3) is 2.56. The summed E-state index contributed by atoms with van der Waals surface area (Å²) in [7, 11) is 2.02. The van der Waals surface area contributed by atoms with E-state index < -0.39 is 0 Å². The maximum Gasteiger partial charge on any atom is 0.123 e. The second-order valence-corrected chi connectivity index (χ2v) is 5.34. The molecular weight excluding hydrogens is 234 g/mol. The number of nitrogens with zero attached hydrogens (tertiary/aromatic N) is 1. The maximum atomic E-state index is 4.39. The van der Waals surface area contributed by atoms with Crippen LogP contribution in [0.2, 0.25) is 0 Å². The summed E-state index contributed by atoms with van der Waals surface area (Å²) >= 11 is 0. The van der Waals surface area contributed by atoms with Crippen molar-refractivity contribution in [2.24, 2.45) is 0 Å². The summed E-state index contributed by atoms with van der Waals surface area (Å²) in [5.41, 5.74) is 3.08. The van der Waals surface area contributed by atoms with Crippen molar-refractivity contribution in [2.75, 3.05) is 7.05 Å². The highest BCUT2D eigenvalue weighted by Crippen LogP contribution is 2.36. The SMILES string of the molecule is CNC(CC1CCCc2ccccc21)c1ncc[nH]1. The molecular formula is C16H21N3. The first-order chi connectivity index (χ1) is 9.38. The topological polar surface area (TPSA) is 40.7 Å². The zero-order valence-electron chi connectivity index (χ0n) is 11.4. The van der Waals surface area contributed by atoms with E-state index in [0.717, 1.165) is 12.2 Å². The molecule has 0 saturated heterocycles. The van der Waals surface area contributed by atoms with Crippen LogP contribution in [0.3, 0.4) is 0 Å². The zero-order valence-corrected chi connectivity index (χ0v) is 11.4. The largest absolute Gasteiger partial charge is 0.347 e. The van der Waals surface area contributed by atoms with Gasteiger partial charge in [0.25, 0.3) is 0 Å². The zero-order chi connectivity index (χ0) is 13.1. The molecule has 19 heavy (non-hydrogen) atoms. The van der Waals surface area contributed by atoms with Crippen molar-refractivity contribution >= 4 is 0 Å². The van der Waals surface area contributed by atoms with E-state index >= 15 is 0 Å². The predicted octanol–water partition coefficient (Wildman–Crippen LogP) is 3.18. The molecule has 3 nitrogen and oxygen atoms in total. The van der Waals surface area contributed by atoms with Crippen LogP contribution in [0.5, 0.6) is 0 Å². The summed E-state index contributed by atoms with van der Waals surface area (Å²) in [4.78, 5) is 7.62. The maximum absolute atomic E-state index is 4.39. The van der Waals surface area contributed by atoms with Gasteiger partial charge in [0.15, 0.2) is 0 Å². The highest BCUT2D eigenvalue weighted by Gasteiger charge is 2.24. The van der Waals surface area contributed by atoms with Crippen LogP contribution in [0.4, 0.5) is 0 Å². The number of aromatic amines is 1. The summed E-state index contributed by atoms with van der Waals surface area (Å²) in [6.07, 6.45) is 8.66. The number of hydrogen-bond donors (Lipinski definition) is 2. The molecule has 0 amide bonds. The van der Waals surface area contributed by atoms with E-state index in [0.29, 0.717) is 12.0 Å². The Morgan fingerprint density at radius 2 is 2.32 bits per heavy atom. The lowest BCUT2D eigenvalue weighted by molar-refractivity contribution is 0.428. The molecule has 2 aromatic rings. The monoisotopic (exact) mass is 255 g/mol. The van der Waals surface area contributed by atoms with Gasteiger partial charge in [-0.2, -0.15) is 0 Å². The van der Waals surface area contributed by atoms with Crippen molar-refractivity contribution in [1.29, 1.82) is 0 Å². The Hall–Kier alpha value is -1.61. The molecule has 1 aromatic heterocycles. The lowest BCUT2D eigenvalue weighted by Crippen LogP contribution is -2.22. The molecule has 1 aromatic carbocycles. The van der Waals surface area contributed by atoms with E-state index in [-0.39, 0.29) is 0 Å². The Labute approximate surface area is 114 Å². The van der Waals surface area contributed by atoms with Crippen molar-refractivity contribution in [3.63, 3.8) is 0 Å². The number of imidazole rings is 1. The lowest BCUT2D eigenvalue weighted by Gasteiger charge is -2.28. The minimum atomic E-state index is 0.311. The number of aryl methyl sites for hydroxylation is 1. The third-order valence-electron chi connectivity index (χ3n) is 4.21. The molecule has 0 spiro atoms. The molecule has 2 unspecified atom stereocenters. The summed E-state index contributed by atoms with van der Waals surface area (Å²) < 4.78 is 0. The lowest BCUT2D eigenvalue weighted by atomic mass is 9.79. The average molecular weight is 255 g/mol. The summed E-state index contributed by atoms with van der Waals surface area (Å²) in [6.45, 7) is 0. The van der Waals surface area contributed by atoms with Gasteiger partial charge in [0.1, 0.15) is 5.82 Å². The van der Waals surface area contributed by atoms with Gasteiger partial charge in [0, 0.05) is 12.4 Å². The van der Waals surface area contributed by atoms with Gasteiger partial charge >= 0.3 is 0 Å². The van der Waals surface area contributed by atoms with Gasteiger partial charge in [0.05, 0.1) is 6.04 Å². The molecule has 0 radical (unpaired) electrons. The summed E-state index contributed by atoms with van der Waals surface area (Å²) in [6, 6.07) is 9.21. The Morgan fingerprint density at radius 3 is 3.11 bits per heavy atom. The highest BCUT2D eigenvalue weighted by atomic mass is 15.0. The molecule has 0 saturated carbocycles. The number of H-pyrrole nitrogens is 1. The fraction of sp³-hybridized carbons (Fsp3) is 0.438. The molecule has 0 aliphatic heterocycles. The van der Waals surface area contributed by atoms with Gasteiger partial charge in [-0.05, 0) is 49.8 Å². The first kappa shape index (κ1) is 12.4. The molecule has 1 aliphatic carbocycles. The van der Waals surface area contributed by atoms with E-state index in [2.05, 4.69) is 39.6 Å². The highest BCUT2D eigenvalue weighted by molar-refractivity contribution is 5.32. The fourth-order valence-corrected chi connectivity index (χ4v) is 3.22. The molecule has 3 heteroatoms. The van der Waals surface area contributed by atoms with Crippen molar-refractivity contribution in [3.8, 4) is 0 Å². The van der Waals surface area contributed by atoms with Gasteiger partial charge < -0.3 is 10.3 Å². The van der Waals surface area contributed by atoms with Crippen LogP contribution < -0.4 is 5.32 Å². The van der Waals surface area contributed by atoms with E-state index in [4.69, 9.17) is 0 Å². The number of hydrogen-bond acceptors (Lipinski definition) is 2. The van der Waals surface area contributed by atoms with E-state index in [1.165, 1.54) is 24.8 Å². The Balaban J connectivity index is 1.80. The smallest absolute Gasteiger partial charge is 0.123 e. The minimum absolute atomic E-state index is 0.311. The number of rotatable bonds is 4. The second-order valence-electron chi connectivity index (χ2n) is 5.34. The number of nitrogens with one attached hydrogen (secondary N) is 2. The van der Waals surface area contributed by atoms with Gasteiger partial charge in [-0.15, -0.1) is 0 Å². The molecule has 0 fully saturated rings. The standard InChI is InChI=1S/C16H21N3/c1-17-15(16-18-9-10-19-16)11-13-7-4-6-12-5-2-3-8-14(12)13/h2-3,5,8-10,13,15,17H,4,6-7,11H2,1H3,(H,18,19). The normalized spacial score (nSPS) is 19.9. The van der Waals surface area contributed by atoms with Crippen LogP contribution in [0.15, 0.2) is 36.7 Å². The molecule has 2 atom stereocenters. The number of benzene rings is 1. The number of fused-ring (bicyclic) bond motifs is 1. The Morgan fingerprint density at radius 1 is 1.42 bits per heavy atom. The van der Waals surface area contributed by atoms with E-state index in [1.54, 1.807) is 5.56 Å². The molecule has 1 heterocycles. The van der Waals surface area contributed by atoms with Crippen LogP contribution in [0.1, 0.15) is 48.2 Å². The van der Waals surface area contributed by atoms with Gasteiger partial charge in [0.2, 0.25) is 0 Å². The quantitative estimate of drug-likeness (QED) is 0.881. The van der Waals surface area contributed by atoms with Crippen LogP contribution in [0.25, 0.3) is 0 Å². The molecule has 0 bridgehead atoms. The van der Waals surface area contributed by atoms with Crippen LogP contribution in [-0.2, 0) is 6.42 Å². The molecule has 1 aliphatic rings. The van der Waals surface area contributed by atoms with E-state index in [1.807, 2.05) is 19.4 Å². The second kappa shape index (κ2) is 5.57. The summed E-state index contributed by atoms with van der Waals surface area (Å²) in [5, 5.41) is 3.39. The first-order valence-corrected chi connectivity index (χ1v) is 7.13. The third-order valence-corrected chi connectivity index (χ3v) is 4.21. The van der Waals surface area contributed by atoms with Crippen molar-refractivity contribution in [1.82, 2.24) is 15.3 Å². The van der Waals surface area contributed by atoms with Crippen LogP contribution in [-0.4, -0.2) is 17.0 Å². The molecule has 2 N–H and O–H groups in total. The first-order valence-electron chi connectivity index (χ1n) is 7.13. The predicted molar refractivity (Wildman–Crippen MR) is 77.1 cm³/mol.